The van der Waals surface area contributed by atoms with Gasteiger partial charge in [-0.15, -0.1) is 11.8 Å². The zero-order valence-corrected chi connectivity index (χ0v) is 15.5. The largest absolute Gasteiger partial charge is 0.497 e. The number of thioether (sulfide) groups is 1. The van der Waals surface area contributed by atoms with E-state index in [2.05, 4.69) is 0 Å². The Morgan fingerprint density at radius 3 is 2.69 bits per heavy atom. The molecule has 7 heteroatoms. The summed E-state index contributed by atoms with van der Waals surface area (Å²) >= 11 is 1.50. The van der Waals surface area contributed by atoms with Crippen LogP contribution in [-0.4, -0.2) is 60.7 Å². The number of hydrogen-bond acceptors (Lipinski definition) is 5. The number of nitrogens with zero attached hydrogens (tertiary/aromatic N) is 2. The molecule has 2 aromatic rings. The lowest BCUT2D eigenvalue weighted by Gasteiger charge is -2.21. The first-order chi connectivity index (χ1) is 12.7. The molecule has 0 aliphatic carbocycles. The number of furan rings is 1. The fraction of sp³-hybridized carbons (Fsp3) is 0.368. The van der Waals surface area contributed by atoms with E-state index in [0.29, 0.717) is 37.7 Å². The van der Waals surface area contributed by atoms with Gasteiger partial charge in [0.25, 0.3) is 5.91 Å². The highest BCUT2D eigenvalue weighted by Crippen LogP contribution is 2.23. The summed E-state index contributed by atoms with van der Waals surface area (Å²) in [5.74, 6) is 1.47. The van der Waals surface area contributed by atoms with Crippen LogP contribution < -0.4 is 4.74 Å². The lowest BCUT2D eigenvalue weighted by molar-refractivity contribution is -0.128. The van der Waals surface area contributed by atoms with E-state index in [1.807, 2.05) is 29.2 Å². The quantitative estimate of drug-likeness (QED) is 0.753. The SMILES string of the molecule is COc1cccc(SCC(=O)N2CCCN(C(=O)c3ccco3)CC2)c1. The summed E-state index contributed by atoms with van der Waals surface area (Å²) in [6, 6.07) is 11.1. The van der Waals surface area contributed by atoms with Crippen molar-refractivity contribution in [2.45, 2.75) is 11.3 Å². The van der Waals surface area contributed by atoms with E-state index in [4.69, 9.17) is 9.15 Å². The fourth-order valence-electron chi connectivity index (χ4n) is 2.85. The van der Waals surface area contributed by atoms with Gasteiger partial charge in [-0.1, -0.05) is 6.07 Å². The van der Waals surface area contributed by atoms with Crippen molar-refractivity contribution in [1.29, 1.82) is 0 Å². The molecule has 3 rings (SSSR count). The average Bonchev–Trinajstić information content (AvgIpc) is 3.10. The molecule has 26 heavy (non-hydrogen) atoms. The monoisotopic (exact) mass is 374 g/mol. The molecule has 2 amide bonds. The third-order valence-electron chi connectivity index (χ3n) is 4.27. The maximum absolute atomic E-state index is 12.5. The molecule has 0 radical (unpaired) electrons. The van der Waals surface area contributed by atoms with E-state index < -0.39 is 0 Å². The second kappa shape index (κ2) is 8.80. The molecule has 1 aromatic heterocycles. The van der Waals surface area contributed by atoms with Crippen molar-refractivity contribution in [3.8, 4) is 5.75 Å². The van der Waals surface area contributed by atoms with Crippen LogP contribution in [0.25, 0.3) is 0 Å². The molecule has 1 fully saturated rings. The van der Waals surface area contributed by atoms with Crippen LogP contribution in [0.2, 0.25) is 0 Å². The number of ether oxygens (including phenoxy) is 1. The van der Waals surface area contributed by atoms with Gasteiger partial charge < -0.3 is 19.0 Å². The third-order valence-corrected chi connectivity index (χ3v) is 5.25. The Bertz CT molecular complexity index is 748. The molecular formula is C19H22N2O4S. The number of rotatable bonds is 5. The molecule has 2 heterocycles. The van der Waals surface area contributed by atoms with E-state index in [-0.39, 0.29) is 11.8 Å². The lowest BCUT2D eigenvalue weighted by atomic mass is 10.3. The summed E-state index contributed by atoms with van der Waals surface area (Å²) in [5.41, 5.74) is 0. The number of benzene rings is 1. The Kier molecular flexibility index (Phi) is 6.22. The molecule has 1 aromatic carbocycles. The minimum absolute atomic E-state index is 0.0881. The number of methoxy groups -OCH3 is 1. The first kappa shape index (κ1) is 18.4. The standard InChI is InChI=1S/C19H22N2O4S/c1-24-15-5-2-6-16(13-15)26-14-18(22)20-8-4-9-21(11-10-20)19(23)17-7-3-12-25-17/h2-3,5-7,12-13H,4,8-11,14H2,1H3. The van der Waals surface area contributed by atoms with Crippen LogP contribution >= 0.6 is 11.8 Å². The Morgan fingerprint density at radius 2 is 1.92 bits per heavy atom. The molecule has 0 unspecified atom stereocenters. The molecule has 0 spiro atoms. The van der Waals surface area contributed by atoms with E-state index in [1.54, 1.807) is 24.1 Å². The van der Waals surface area contributed by atoms with Gasteiger partial charge in [-0.2, -0.15) is 0 Å². The molecule has 138 valence electrons. The first-order valence-corrected chi connectivity index (χ1v) is 9.53. The van der Waals surface area contributed by atoms with Crippen LogP contribution in [-0.2, 0) is 4.79 Å². The lowest BCUT2D eigenvalue weighted by Crippen LogP contribution is -2.38. The van der Waals surface area contributed by atoms with E-state index in [1.165, 1.54) is 18.0 Å². The molecule has 6 nitrogen and oxygen atoms in total. The average molecular weight is 374 g/mol. The first-order valence-electron chi connectivity index (χ1n) is 8.55. The van der Waals surface area contributed by atoms with E-state index >= 15 is 0 Å². The van der Waals surface area contributed by atoms with Crippen LogP contribution in [0.3, 0.4) is 0 Å². The Hall–Kier alpha value is -2.41. The smallest absolute Gasteiger partial charge is 0.289 e. The molecule has 1 aliphatic heterocycles. The van der Waals surface area contributed by atoms with Crippen molar-refractivity contribution < 1.29 is 18.7 Å². The highest BCUT2D eigenvalue weighted by molar-refractivity contribution is 8.00. The highest BCUT2D eigenvalue weighted by Gasteiger charge is 2.24. The Labute approximate surface area is 157 Å². The minimum Gasteiger partial charge on any atom is -0.497 e. The van der Waals surface area contributed by atoms with Gasteiger partial charge in [-0.05, 0) is 36.8 Å². The summed E-state index contributed by atoms with van der Waals surface area (Å²) in [6.45, 7) is 2.37. The normalized spacial score (nSPS) is 14.8. The summed E-state index contributed by atoms with van der Waals surface area (Å²) in [4.78, 5) is 29.5. The van der Waals surface area contributed by atoms with Gasteiger partial charge in [0.05, 0.1) is 19.1 Å². The molecule has 0 atom stereocenters. The zero-order chi connectivity index (χ0) is 18.4. The summed E-state index contributed by atoms with van der Waals surface area (Å²) in [7, 11) is 1.63. The van der Waals surface area contributed by atoms with Gasteiger partial charge in [0.15, 0.2) is 5.76 Å². The molecule has 1 saturated heterocycles. The zero-order valence-electron chi connectivity index (χ0n) is 14.7. The predicted molar refractivity (Wildman–Crippen MR) is 99.5 cm³/mol. The van der Waals surface area contributed by atoms with Crippen molar-refractivity contribution in [3.05, 3.63) is 48.4 Å². The van der Waals surface area contributed by atoms with Gasteiger partial charge in [-0.25, -0.2) is 0 Å². The van der Waals surface area contributed by atoms with Gasteiger partial charge in [0.2, 0.25) is 5.91 Å². The van der Waals surface area contributed by atoms with E-state index in [0.717, 1.165) is 17.1 Å². The summed E-state index contributed by atoms with van der Waals surface area (Å²) in [5, 5.41) is 0. The Balaban J connectivity index is 1.51. The molecule has 0 N–H and O–H groups in total. The van der Waals surface area contributed by atoms with Crippen LogP contribution in [0, 0.1) is 0 Å². The number of hydrogen-bond donors (Lipinski definition) is 0. The molecule has 0 saturated carbocycles. The molecule has 1 aliphatic rings. The Morgan fingerprint density at radius 1 is 1.12 bits per heavy atom. The van der Waals surface area contributed by atoms with Crippen molar-refractivity contribution in [2.24, 2.45) is 0 Å². The maximum atomic E-state index is 12.5. The number of carbonyl (C=O) groups excluding carboxylic acids is 2. The van der Waals surface area contributed by atoms with Gasteiger partial charge >= 0.3 is 0 Å². The summed E-state index contributed by atoms with van der Waals surface area (Å²) in [6.07, 6.45) is 2.26. The predicted octanol–water partition coefficient (Wildman–Crippen LogP) is 2.76. The number of amides is 2. The van der Waals surface area contributed by atoms with Crippen molar-refractivity contribution in [3.63, 3.8) is 0 Å². The van der Waals surface area contributed by atoms with Crippen LogP contribution in [0.5, 0.6) is 5.75 Å². The van der Waals surface area contributed by atoms with Gasteiger partial charge in [0, 0.05) is 31.1 Å². The summed E-state index contributed by atoms with van der Waals surface area (Å²) < 4.78 is 10.4. The second-order valence-corrected chi connectivity index (χ2v) is 7.02. The highest BCUT2D eigenvalue weighted by atomic mass is 32.2. The van der Waals surface area contributed by atoms with Gasteiger partial charge in [0.1, 0.15) is 5.75 Å². The van der Waals surface area contributed by atoms with Crippen molar-refractivity contribution in [2.75, 3.05) is 39.0 Å². The van der Waals surface area contributed by atoms with E-state index in [9.17, 15) is 9.59 Å². The minimum atomic E-state index is -0.116. The van der Waals surface area contributed by atoms with Crippen molar-refractivity contribution >= 4 is 23.6 Å². The topological polar surface area (TPSA) is 63.0 Å². The fourth-order valence-corrected chi connectivity index (χ4v) is 3.70. The van der Waals surface area contributed by atoms with Crippen LogP contribution in [0.1, 0.15) is 17.0 Å². The molecular weight excluding hydrogens is 352 g/mol. The molecule has 0 bridgehead atoms. The third kappa shape index (κ3) is 4.60. The van der Waals surface area contributed by atoms with Gasteiger partial charge in [-0.3, -0.25) is 9.59 Å². The van der Waals surface area contributed by atoms with Crippen LogP contribution in [0.15, 0.2) is 52.0 Å². The van der Waals surface area contributed by atoms with Crippen LogP contribution in [0.4, 0.5) is 0 Å². The van der Waals surface area contributed by atoms with Crippen molar-refractivity contribution in [1.82, 2.24) is 9.80 Å². The second-order valence-electron chi connectivity index (χ2n) is 5.97. The number of carbonyl (C=O) groups is 2. The maximum Gasteiger partial charge on any atom is 0.289 e.